The lowest BCUT2D eigenvalue weighted by Gasteiger charge is -2.32. The first kappa shape index (κ1) is 13.5. The van der Waals surface area contributed by atoms with Crippen LogP contribution in [0.1, 0.15) is 19.3 Å². The molecule has 0 bridgehead atoms. The summed E-state index contributed by atoms with van der Waals surface area (Å²) in [7, 11) is 0. The van der Waals surface area contributed by atoms with Crippen molar-refractivity contribution in [3.05, 3.63) is 0 Å². The highest BCUT2D eigenvalue weighted by Crippen LogP contribution is 2.31. The third-order valence-electron chi connectivity index (χ3n) is 3.42. The van der Waals surface area contributed by atoms with Gasteiger partial charge in [0.1, 0.15) is 6.04 Å². The monoisotopic (exact) mass is 268 g/mol. The molecule has 0 radical (unpaired) electrons. The lowest BCUT2D eigenvalue weighted by molar-refractivity contribution is -0.180. The van der Waals surface area contributed by atoms with Crippen molar-refractivity contribution in [2.45, 2.75) is 36.7 Å². The predicted molar refractivity (Wildman–Crippen MR) is 64.4 cm³/mol. The normalized spacial score (nSPS) is 32.6. The van der Waals surface area contributed by atoms with Crippen molar-refractivity contribution in [2.75, 3.05) is 31.9 Å². The van der Waals surface area contributed by atoms with E-state index in [0.717, 1.165) is 25.0 Å². The van der Waals surface area contributed by atoms with Crippen molar-refractivity contribution in [2.24, 2.45) is 0 Å². The van der Waals surface area contributed by atoms with Crippen LogP contribution in [0.3, 0.4) is 0 Å². The molecule has 6 heteroatoms. The Morgan fingerprint density at radius 1 is 1.29 bits per heavy atom. The zero-order valence-electron chi connectivity index (χ0n) is 9.80. The van der Waals surface area contributed by atoms with Gasteiger partial charge in [-0.25, -0.2) is 0 Å². The molecule has 0 aromatic heterocycles. The van der Waals surface area contributed by atoms with Crippen LogP contribution in [0.15, 0.2) is 0 Å². The maximum Gasteiger partial charge on any atom is 0.405 e. The molecule has 0 aromatic carbocycles. The first-order valence-electron chi connectivity index (χ1n) is 6.20. The lowest BCUT2D eigenvalue weighted by Crippen LogP contribution is -2.51. The molecule has 2 aliphatic heterocycles. The Labute approximate surface area is 104 Å². The predicted octanol–water partition coefficient (Wildman–Crippen LogP) is 2.11. The Balaban J connectivity index is 1.98. The van der Waals surface area contributed by atoms with Crippen LogP contribution < -0.4 is 5.32 Å². The van der Waals surface area contributed by atoms with E-state index in [-0.39, 0.29) is 6.54 Å². The maximum absolute atomic E-state index is 13.0. The Kier molecular flexibility index (Phi) is 4.60. The van der Waals surface area contributed by atoms with Crippen molar-refractivity contribution in [1.82, 2.24) is 10.2 Å². The van der Waals surface area contributed by atoms with Crippen LogP contribution in [0, 0.1) is 0 Å². The fraction of sp³-hybridized carbons (Fsp3) is 1.00. The van der Waals surface area contributed by atoms with Crippen LogP contribution in [0.25, 0.3) is 0 Å². The van der Waals surface area contributed by atoms with Crippen molar-refractivity contribution in [3.8, 4) is 0 Å². The molecule has 0 spiro atoms. The van der Waals surface area contributed by atoms with Gasteiger partial charge in [-0.3, -0.25) is 4.90 Å². The van der Waals surface area contributed by atoms with Crippen LogP contribution in [-0.4, -0.2) is 54.3 Å². The average molecular weight is 268 g/mol. The Morgan fingerprint density at radius 3 is 2.76 bits per heavy atom. The first-order valence-corrected chi connectivity index (χ1v) is 7.25. The van der Waals surface area contributed by atoms with E-state index < -0.39 is 12.2 Å². The van der Waals surface area contributed by atoms with E-state index in [1.807, 2.05) is 11.8 Å². The quantitative estimate of drug-likeness (QED) is 0.826. The highest BCUT2D eigenvalue weighted by molar-refractivity contribution is 8.00. The molecule has 0 aromatic rings. The zero-order chi connectivity index (χ0) is 12.3. The van der Waals surface area contributed by atoms with Gasteiger partial charge in [0.2, 0.25) is 0 Å². The summed E-state index contributed by atoms with van der Waals surface area (Å²) in [6, 6.07) is -1.30. The van der Waals surface area contributed by atoms with E-state index in [9.17, 15) is 13.2 Å². The van der Waals surface area contributed by atoms with Gasteiger partial charge in [-0.15, -0.1) is 0 Å². The second-order valence-electron chi connectivity index (χ2n) is 4.75. The molecule has 2 heterocycles. The summed E-state index contributed by atoms with van der Waals surface area (Å²) >= 11 is 1.83. The first-order chi connectivity index (χ1) is 8.07. The molecule has 0 amide bonds. The summed E-state index contributed by atoms with van der Waals surface area (Å²) < 4.78 is 38.9. The standard InChI is InChI=1S/C11H19F3N2S/c12-11(13,14)10-7-15-4-2-5-16(10)8-9-3-1-6-17-9/h9-10,15H,1-8H2. The second kappa shape index (κ2) is 5.80. The molecule has 17 heavy (non-hydrogen) atoms. The molecule has 1 N–H and O–H groups in total. The Hall–Kier alpha value is 0.0600. The highest BCUT2D eigenvalue weighted by atomic mass is 32.2. The second-order valence-corrected chi connectivity index (χ2v) is 6.15. The summed E-state index contributed by atoms with van der Waals surface area (Å²) in [6.07, 6.45) is -1.08. The molecule has 2 rings (SSSR count). The summed E-state index contributed by atoms with van der Waals surface area (Å²) in [5, 5.41) is 3.29. The van der Waals surface area contributed by atoms with Crippen molar-refractivity contribution >= 4 is 11.8 Å². The SMILES string of the molecule is FC(F)(F)C1CNCCCN1CC1CCCS1. The summed E-state index contributed by atoms with van der Waals surface area (Å²) in [4.78, 5) is 1.64. The van der Waals surface area contributed by atoms with E-state index in [4.69, 9.17) is 0 Å². The molecular formula is C11H19F3N2S. The number of alkyl halides is 3. The molecule has 2 fully saturated rings. The average Bonchev–Trinajstić information content (AvgIpc) is 2.61. The van der Waals surface area contributed by atoms with E-state index in [0.29, 0.717) is 24.9 Å². The number of hydrogen-bond acceptors (Lipinski definition) is 3. The largest absolute Gasteiger partial charge is 0.405 e. The highest BCUT2D eigenvalue weighted by Gasteiger charge is 2.44. The van der Waals surface area contributed by atoms with Crippen LogP contribution in [0.2, 0.25) is 0 Å². The van der Waals surface area contributed by atoms with E-state index in [1.165, 1.54) is 0 Å². The van der Waals surface area contributed by atoms with Crippen LogP contribution in [0.5, 0.6) is 0 Å². The van der Waals surface area contributed by atoms with Crippen LogP contribution in [0.4, 0.5) is 13.2 Å². The fourth-order valence-corrected chi connectivity index (χ4v) is 3.82. The molecule has 100 valence electrons. The smallest absolute Gasteiger partial charge is 0.315 e. The van der Waals surface area contributed by atoms with Gasteiger partial charge in [-0.1, -0.05) is 0 Å². The third-order valence-corrected chi connectivity index (χ3v) is 4.80. The van der Waals surface area contributed by atoms with E-state index in [2.05, 4.69) is 5.32 Å². The van der Waals surface area contributed by atoms with Gasteiger partial charge in [0.05, 0.1) is 0 Å². The van der Waals surface area contributed by atoms with Crippen molar-refractivity contribution < 1.29 is 13.2 Å². The summed E-state index contributed by atoms with van der Waals surface area (Å²) in [5.74, 6) is 1.10. The van der Waals surface area contributed by atoms with E-state index >= 15 is 0 Å². The fourth-order valence-electron chi connectivity index (χ4n) is 2.52. The van der Waals surface area contributed by atoms with Gasteiger partial charge in [0.25, 0.3) is 0 Å². The van der Waals surface area contributed by atoms with Gasteiger partial charge in [0.15, 0.2) is 0 Å². The number of nitrogens with zero attached hydrogens (tertiary/aromatic N) is 1. The third kappa shape index (κ3) is 3.76. The molecule has 2 aliphatic rings. The summed E-state index contributed by atoms with van der Waals surface area (Å²) in [6.45, 7) is 1.90. The molecule has 2 nitrogen and oxygen atoms in total. The number of halogens is 3. The molecule has 0 saturated carbocycles. The summed E-state index contributed by atoms with van der Waals surface area (Å²) in [5.41, 5.74) is 0. The number of hydrogen-bond donors (Lipinski definition) is 1. The Bertz CT molecular complexity index is 241. The van der Waals surface area contributed by atoms with Crippen LogP contribution in [-0.2, 0) is 0 Å². The van der Waals surface area contributed by atoms with Gasteiger partial charge in [-0.2, -0.15) is 24.9 Å². The van der Waals surface area contributed by atoms with E-state index in [1.54, 1.807) is 4.90 Å². The molecule has 2 unspecified atom stereocenters. The number of thioether (sulfide) groups is 1. The molecule has 2 atom stereocenters. The number of rotatable bonds is 2. The molecule has 0 aliphatic carbocycles. The van der Waals surface area contributed by atoms with Gasteiger partial charge < -0.3 is 5.32 Å². The number of nitrogens with one attached hydrogen (secondary N) is 1. The van der Waals surface area contributed by atoms with Crippen molar-refractivity contribution in [3.63, 3.8) is 0 Å². The van der Waals surface area contributed by atoms with Crippen LogP contribution >= 0.6 is 11.8 Å². The molecular weight excluding hydrogens is 249 g/mol. The lowest BCUT2D eigenvalue weighted by atomic mass is 10.2. The maximum atomic E-state index is 13.0. The minimum atomic E-state index is -4.11. The van der Waals surface area contributed by atoms with Gasteiger partial charge in [0, 0.05) is 24.9 Å². The van der Waals surface area contributed by atoms with Gasteiger partial charge >= 0.3 is 6.18 Å². The topological polar surface area (TPSA) is 15.3 Å². The molecule has 2 saturated heterocycles. The van der Waals surface area contributed by atoms with Gasteiger partial charge in [-0.05, 0) is 31.6 Å². The Morgan fingerprint density at radius 2 is 2.12 bits per heavy atom. The van der Waals surface area contributed by atoms with Crippen molar-refractivity contribution in [1.29, 1.82) is 0 Å². The minimum Gasteiger partial charge on any atom is -0.315 e. The minimum absolute atomic E-state index is 0.0425. The zero-order valence-corrected chi connectivity index (χ0v) is 10.6.